The Bertz CT molecular complexity index is 388. The molecule has 0 fully saturated rings. The molecule has 0 saturated carbocycles. The minimum absolute atomic E-state index is 0.0460. The highest BCUT2D eigenvalue weighted by molar-refractivity contribution is 7.09. The number of oxime groups is 1. The minimum atomic E-state index is -0.524. The fraction of sp³-hybridized carbons (Fsp3) is 0.375. The molecule has 1 amide bonds. The number of amidine groups is 1. The molecule has 15 heavy (non-hydrogen) atoms. The zero-order chi connectivity index (χ0) is 11.4. The lowest BCUT2D eigenvalue weighted by atomic mass is 10.3. The second-order valence-corrected chi connectivity index (χ2v) is 4.03. The molecular weight excluding hydrogens is 216 g/mol. The van der Waals surface area contributed by atoms with Gasteiger partial charge in [0.15, 0.2) is 5.84 Å². The summed E-state index contributed by atoms with van der Waals surface area (Å²) in [6.45, 7) is 3.43. The number of amides is 1. The summed E-state index contributed by atoms with van der Waals surface area (Å²) in [7, 11) is 0. The zero-order valence-corrected chi connectivity index (χ0v) is 9.21. The molecule has 4 N–H and O–H groups in total. The summed E-state index contributed by atoms with van der Waals surface area (Å²) in [5, 5.41) is 16.2. The molecule has 1 atom stereocenters. The normalized spacial score (nSPS) is 13.6. The van der Waals surface area contributed by atoms with Crippen LogP contribution in [-0.4, -0.2) is 28.0 Å². The molecule has 1 unspecified atom stereocenters. The summed E-state index contributed by atoms with van der Waals surface area (Å²) in [6.07, 6.45) is 0. The number of nitrogens with two attached hydrogens (primary N) is 1. The summed E-state index contributed by atoms with van der Waals surface area (Å²) < 4.78 is 0. The topological polar surface area (TPSA) is 101 Å². The average molecular weight is 228 g/mol. The van der Waals surface area contributed by atoms with Gasteiger partial charge in [-0.25, -0.2) is 4.98 Å². The first-order chi connectivity index (χ1) is 7.04. The predicted molar refractivity (Wildman–Crippen MR) is 57.2 cm³/mol. The van der Waals surface area contributed by atoms with Crippen molar-refractivity contribution in [3.05, 3.63) is 16.1 Å². The Labute approximate surface area is 90.8 Å². The Balaban J connectivity index is 2.64. The Morgan fingerprint density at radius 2 is 2.47 bits per heavy atom. The number of aryl methyl sites for hydroxylation is 1. The van der Waals surface area contributed by atoms with Crippen LogP contribution < -0.4 is 11.1 Å². The first-order valence-electron chi connectivity index (χ1n) is 4.25. The van der Waals surface area contributed by atoms with E-state index in [2.05, 4.69) is 15.5 Å². The first-order valence-corrected chi connectivity index (χ1v) is 5.13. The van der Waals surface area contributed by atoms with E-state index in [1.165, 1.54) is 11.3 Å². The van der Waals surface area contributed by atoms with Crippen molar-refractivity contribution >= 4 is 23.1 Å². The molecule has 1 rings (SSSR count). The summed E-state index contributed by atoms with van der Waals surface area (Å²) >= 11 is 1.39. The van der Waals surface area contributed by atoms with Crippen molar-refractivity contribution < 1.29 is 10.0 Å². The second-order valence-electron chi connectivity index (χ2n) is 2.97. The second kappa shape index (κ2) is 4.74. The molecule has 0 bridgehead atoms. The van der Waals surface area contributed by atoms with Gasteiger partial charge in [0.05, 0.1) is 11.0 Å². The van der Waals surface area contributed by atoms with Gasteiger partial charge in [-0.15, -0.1) is 11.3 Å². The van der Waals surface area contributed by atoms with Gasteiger partial charge in [-0.05, 0) is 13.8 Å². The molecule has 1 aromatic rings. The maximum absolute atomic E-state index is 11.5. The number of rotatable bonds is 3. The minimum Gasteiger partial charge on any atom is -0.409 e. The highest BCUT2D eigenvalue weighted by atomic mass is 32.1. The van der Waals surface area contributed by atoms with E-state index >= 15 is 0 Å². The van der Waals surface area contributed by atoms with Gasteiger partial charge in [-0.1, -0.05) is 5.16 Å². The molecule has 0 radical (unpaired) electrons. The van der Waals surface area contributed by atoms with E-state index in [0.717, 1.165) is 5.01 Å². The van der Waals surface area contributed by atoms with Crippen molar-refractivity contribution in [3.63, 3.8) is 0 Å². The summed E-state index contributed by atoms with van der Waals surface area (Å²) in [5.74, 6) is -0.381. The molecule has 0 saturated heterocycles. The van der Waals surface area contributed by atoms with Gasteiger partial charge >= 0.3 is 0 Å². The van der Waals surface area contributed by atoms with Crippen LogP contribution in [0.1, 0.15) is 22.4 Å². The van der Waals surface area contributed by atoms with Gasteiger partial charge in [-0.3, -0.25) is 4.79 Å². The predicted octanol–water partition coefficient (Wildman–Crippen LogP) is 0.316. The molecule has 6 nitrogen and oxygen atoms in total. The van der Waals surface area contributed by atoms with Gasteiger partial charge in [0.1, 0.15) is 5.69 Å². The molecule has 0 aliphatic carbocycles. The number of aromatic nitrogens is 1. The number of hydrogen-bond donors (Lipinski definition) is 3. The third kappa shape index (κ3) is 2.91. The first kappa shape index (κ1) is 11.4. The van der Waals surface area contributed by atoms with Gasteiger partial charge in [-0.2, -0.15) is 0 Å². The number of nitrogens with zero attached hydrogens (tertiary/aromatic N) is 2. The van der Waals surface area contributed by atoms with Crippen LogP contribution in [0.25, 0.3) is 0 Å². The van der Waals surface area contributed by atoms with E-state index in [4.69, 9.17) is 10.9 Å². The van der Waals surface area contributed by atoms with Crippen molar-refractivity contribution in [2.24, 2.45) is 10.9 Å². The van der Waals surface area contributed by atoms with Crippen LogP contribution in [0.4, 0.5) is 0 Å². The van der Waals surface area contributed by atoms with Crippen LogP contribution in [0, 0.1) is 6.92 Å². The fourth-order valence-electron chi connectivity index (χ4n) is 0.899. The Morgan fingerprint density at radius 1 is 1.80 bits per heavy atom. The van der Waals surface area contributed by atoms with Crippen molar-refractivity contribution in [2.75, 3.05) is 0 Å². The number of nitrogens with one attached hydrogen (secondary N) is 1. The summed E-state index contributed by atoms with van der Waals surface area (Å²) in [5.41, 5.74) is 5.66. The third-order valence-electron chi connectivity index (χ3n) is 1.76. The number of thiazole rings is 1. The van der Waals surface area contributed by atoms with Gasteiger partial charge in [0.25, 0.3) is 5.91 Å². The Kier molecular flexibility index (Phi) is 3.62. The van der Waals surface area contributed by atoms with E-state index in [-0.39, 0.29) is 11.7 Å². The molecule has 0 spiro atoms. The summed E-state index contributed by atoms with van der Waals surface area (Å²) in [4.78, 5) is 15.5. The molecule has 0 aromatic carbocycles. The number of hydrogen-bond acceptors (Lipinski definition) is 5. The van der Waals surface area contributed by atoms with Crippen LogP contribution in [0.5, 0.6) is 0 Å². The van der Waals surface area contributed by atoms with Crippen LogP contribution in [0.3, 0.4) is 0 Å². The lowest BCUT2D eigenvalue weighted by molar-refractivity contribution is 0.0944. The van der Waals surface area contributed by atoms with E-state index in [1.807, 2.05) is 6.92 Å². The SMILES string of the molecule is Cc1nc(C(=O)NC(C)C(N)=NO)cs1. The van der Waals surface area contributed by atoms with Crippen LogP contribution in [0.15, 0.2) is 10.5 Å². The molecule has 1 aromatic heterocycles. The maximum Gasteiger partial charge on any atom is 0.271 e. The molecular formula is C8H12N4O2S. The lowest BCUT2D eigenvalue weighted by Gasteiger charge is -2.10. The Hall–Kier alpha value is -1.63. The monoisotopic (exact) mass is 228 g/mol. The average Bonchev–Trinajstić information content (AvgIpc) is 2.63. The molecule has 7 heteroatoms. The van der Waals surface area contributed by atoms with Gasteiger partial charge < -0.3 is 16.3 Å². The number of carbonyl (C=O) groups excluding carboxylic acids is 1. The molecule has 0 aliphatic rings. The van der Waals surface area contributed by atoms with Crippen LogP contribution >= 0.6 is 11.3 Å². The summed E-state index contributed by atoms with van der Waals surface area (Å²) in [6, 6.07) is -0.524. The van der Waals surface area contributed by atoms with Crippen molar-refractivity contribution in [3.8, 4) is 0 Å². The molecule has 1 heterocycles. The van der Waals surface area contributed by atoms with Crippen molar-refractivity contribution in [2.45, 2.75) is 19.9 Å². The van der Waals surface area contributed by atoms with E-state index < -0.39 is 6.04 Å². The fourth-order valence-corrected chi connectivity index (χ4v) is 1.49. The quantitative estimate of drug-likeness (QED) is 0.300. The van der Waals surface area contributed by atoms with Crippen molar-refractivity contribution in [1.29, 1.82) is 0 Å². The maximum atomic E-state index is 11.5. The van der Waals surface area contributed by atoms with Crippen molar-refractivity contribution in [1.82, 2.24) is 10.3 Å². The highest BCUT2D eigenvalue weighted by Gasteiger charge is 2.14. The van der Waals surface area contributed by atoms with E-state index in [9.17, 15) is 4.79 Å². The van der Waals surface area contributed by atoms with Crippen LogP contribution in [0.2, 0.25) is 0 Å². The van der Waals surface area contributed by atoms with Gasteiger partial charge in [0, 0.05) is 5.38 Å². The smallest absolute Gasteiger partial charge is 0.271 e. The third-order valence-corrected chi connectivity index (χ3v) is 2.53. The standard InChI is InChI=1S/C8H12N4O2S/c1-4(7(9)12-14)10-8(13)6-3-15-5(2)11-6/h3-4,14H,1-2H3,(H2,9,12)(H,10,13). The lowest BCUT2D eigenvalue weighted by Crippen LogP contribution is -2.42. The van der Waals surface area contributed by atoms with Crippen LogP contribution in [-0.2, 0) is 0 Å². The molecule has 0 aliphatic heterocycles. The zero-order valence-electron chi connectivity index (χ0n) is 8.39. The van der Waals surface area contributed by atoms with Gasteiger partial charge in [0.2, 0.25) is 0 Å². The number of carbonyl (C=O) groups is 1. The largest absolute Gasteiger partial charge is 0.409 e. The Morgan fingerprint density at radius 3 is 2.93 bits per heavy atom. The molecule has 82 valence electrons. The van der Waals surface area contributed by atoms with E-state index in [1.54, 1.807) is 12.3 Å². The highest BCUT2D eigenvalue weighted by Crippen LogP contribution is 2.07. The van der Waals surface area contributed by atoms with E-state index in [0.29, 0.717) is 5.69 Å².